The number of hydrogen-bond donors (Lipinski definition) is 2. The van der Waals surface area contributed by atoms with Gasteiger partial charge in [-0.1, -0.05) is 19.1 Å². The molecule has 0 radical (unpaired) electrons. The van der Waals surface area contributed by atoms with E-state index in [0.717, 1.165) is 11.0 Å². The van der Waals surface area contributed by atoms with E-state index in [1.807, 2.05) is 6.92 Å². The van der Waals surface area contributed by atoms with E-state index in [0.29, 0.717) is 34.1 Å². The molecule has 12 nitrogen and oxygen atoms in total. The summed E-state index contributed by atoms with van der Waals surface area (Å²) in [6, 6.07) is 6.49. The Labute approximate surface area is 302 Å². The summed E-state index contributed by atoms with van der Waals surface area (Å²) in [5, 5.41) is 14.4. The molecule has 2 aromatic carbocycles. The lowest BCUT2D eigenvalue weighted by atomic mass is 9.98. The lowest BCUT2D eigenvalue weighted by Gasteiger charge is -2.38. The number of aromatic nitrogens is 2. The summed E-state index contributed by atoms with van der Waals surface area (Å²) in [6.07, 6.45) is -1.69. The molecule has 53 heavy (non-hydrogen) atoms. The lowest BCUT2D eigenvalue weighted by molar-refractivity contribution is -0.167. The normalized spacial score (nSPS) is 18.8. The van der Waals surface area contributed by atoms with Gasteiger partial charge >= 0.3 is 18.2 Å². The molecule has 2 aromatic heterocycles. The summed E-state index contributed by atoms with van der Waals surface area (Å²) in [5.74, 6) is -2.83. The number of nitrogens with zero attached hydrogens (tertiary/aromatic N) is 5. The number of amides is 3. The molecule has 1 saturated heterocycles. The van der Waals surface area contributed by atoms with Gasteiger partial charge in [0.2, 0.25) is 0 Å². The van der Waals surface area contributed by atoms with E-state index in [1.165, 1.54) is 41.4 Å². The minimum atomic E-state index is -4.63. The van der Waals surface area contributed by atoms with Crippen LogP contribution in [0, 0.1) is 12.7 Å². The Kier molecular flexibility index (Phi) is 10.5. The summed E-state index contributed by atoms with van der Waals surface area (Å²) in [7, 11) is 1.56. The van der Waals surface area contributed by atoms with Crippen LogP contribution in [0.2, 0.25) is 0 Å². The number of halogens is 4. The number of aryl methyl sites for hydroxylation is 1. The zero-order valence-corrected chi connectivity index (χ0v) is 29.4. The molecule has 4 atom stereocenters. The molecule has 1 unspecified atom stereocenters. The number of fused-ring (bicyclic) bond motifs is 2. The van der Waals surface area contributed by atoms with Gasteiger partial charge in [-0.3, -0.25) is 24.6 Å². The number of benzene rings is 2. The number of rotatable bonds is 9. The van der Waals surface area contributed by atoms with E-state index >= 15 is 4.39 Å². The van der Waals surface area contributed by atoms with Crippen LogP contribution in [0.1, 0.15) is 53.5 Å². The number of pyridine rings is 2. The van der Waals surface area contributed by atoms with Gasteiger partial charge < -0.3 is 24.8 Å². The molecule has 0 aliphatic carbocycles. The standard InChI is InChI=1S/C37H38F4N6O6/c1-5-21(3)53-35(50)27(44-33(48)31-20(2)15-23(17-26(31)38)46-13-14-52-19-30(46)37(39,40)41)16-22-8-9-28(32-24(22)7-6-11-43-32)47-34(49)25-10-12-42-18-29(25)45(4)36(47)51/h6-12,15,17-18,21,27,30,34,49H,5,13-14,16,19H2,1-4H3,(H,44,48)/t21-,27+,30-,34?/m1/s1. The van der Waals surface area contributed by atoms with Gasteiger partial charge in [-0.15, -0.1) is 0 Å². The molecule has 3 amide bonds. The first kappa shape index (κ1) is 37.4. The monoisotopic (exact) mass is 738 g/mol. The van der Waals surface area contributed by atoms with Crippen molar-refractivity contribution >= 4 is 45.9 Å². The number of urea groups is 1. The number of anilines is 3. The predicted octanol–water partition coefficient (Wildman–Crippen LogP) is 5.59. The molecule has 280 valence electrons. The maximum Gasteiger partial charge on any atom is 0.411 e. The molecule has 6 rings (SSSR count). The molecule has 2 aliphatic rings. The summed E-state index contributed by atoms with van der Waals surface area (Å²) in [4.78, 5) is 53.0. The predicted molar refractivity (Wildman–Crippen MR) is 187 cm³/mol. The first-order valence-corrected chi connectivity index (χ1v) is 17.0. The van der Waals surface area contributed by atoms with Crippen LogP contribution in [0.4, 0.5) is 39.4 Å². The van der Waals surface area contributed by atoms with Gasteiger partial charge in [-0.25, -0.2) is 14.0 Å². The number of ether oxygens (including phenoxy) is 2. The number of nitrogens with one attached hydrogen (secondary N) is 1. The Bertz CT molecular complexity index is 2020. The number of morpholine rings is 1. The van der Waals surface area contributed by atoms with E-state index in [4.69, 9.17) is 9.47 Å². The first-order valence-electron chi connectivity index (χ1n) is 17.0. The second-order valence-electron chi connectivity index (χ2n) is 13.0. The Hall–Kier alpha value is -5.35. The van der Waals surface area contributed by atoms with Crippen LogP contribution >= 0.6 is 0 Å². The number of carbonyl (C=O) groups excluding carboxylic acids is 3. The zero-order chi connectivity index (χ0) is 38.2. The van der Waals surface area contributed by atoms with Crippen LogP contribution in [0.25, 0.3) is 10.9 Å². The molecule has 4 aromatic rings. The molecule has 0 spiro atoms. The molecular formula is C37H38F4N6O6. The number of alkyl halides is 3. The van der Waals surface area contributed by atoms with Gasteiger partial charge in [0.1, 0.15) is 17.9 Å². The van der Waals surface area contributed by atoms with Crippen LogP contribution < -0.4 is 20.0 Å². The minimum Gasteiger partial charge on any atom is -0.461 e. The molecule has 2 N–H and O–H groups in total. The Morgan fingerprint density at radius 2 is 1.92 bits per heavy atom. The van der Waals surface area contributed by atoms with Crippen molar-refractivity contribution in [1.29, 1.82) is 0 Å². The highest BCUT2D eigenvalue weighted by molar-refractivity contribution is 6.10. The van der Waals surface area contributed by atoms with Crippen LogP contribution in [-0.2, 0) is 20.7 Å². The molecule has 2 aliphatic heterocycles. The smallest absolute Gasteiger partial charge is 0.411 e. The Balaban J connectivity index is 1.32. The van der Waals surface area contributed by atoms with Crippen molar-refractivity contribution in [3.8, 4) is 0 Å². The van der Waals surface area contributed by atoms with Crippen molar-refractivity contribution in [2.45, 2.75) is 64.2 Å². The van der Waals surface area contributed by atoms with E-state index in [9.17, 15) is 32.7 Å². The van der Waals surface area contributed by atoms with Crippen molar-refractivity contribution in [3.63, 3.8) is 0 Å². The van der Waals surface area contributed by atoms with Gasteiger partial charge in [0.15, 0.2) is 6.23 Å². The summed E-state index contributed by atoms with van der Waals surface area (Å²) >= 11 is 0. The third kappa shape index (κ3) is 7.33. The second-order valence-corrected chi connectivity index (χ2v) is 13.0. The fraction of sp³-hybridized carbons (Fsp3) is 0.378. The van der Waals surface area contributed by atoms with E-state index in [1.54, 1.807) is 44.3 Å². The molecular weight excluding hydrogens is 700 g/mol. The molecule has 0 saturated carbocycles. The summed E-state index contributed by atoms with van der Waals surface area (Å²) in [5.41, 5.74) is 1.57. The van der Waals surface area contributed by atoms with Gasteiger partial charge in [-0.05, 0) is 61.7 Å². The van der Waals surface area contributed by atoms with Gasteiger partial charge in [0, 0.05) is 49.0 Å². The Morgan fingerprint density at radius 3 is 2.64 bits per heavy atom. The average molecular weight is 739 g/mol. The minimum absolute atomic E-state index is 0.0122. The Morgan fingerprint density at radius 1 is 1.15 bits per heavy atom. The maximum absolute atomic E-state index is 15.7. The summed E-state index contributed by atoms with van der Waals surface area (Å²) in [6.45, 7) is 4.15. The second kappa shape index (κ2) is 14.9. The zero-order valence-electron chi connectivity index (χ0n) is 29.4. The quantitative estimate of drug-likeness (QED) is 0.166. The molecule has 16 heteroatoms. The van der Waals surface area contributed by atoms with E-state index in [-0.39, 0.29) is 36.5 Å². The largest absolute Gasteiger partial charge is 0.461 e. The van der Waals surface area contributed by atoms with Crippen molar-refractivity contribution in [2.75, 3.05) is 41.5 Å². The summed E-state index contributed by atoms with van der Waals surface area (Å²) < 4.78 is 67.6. The highest BCUT2D eigenvalue weighted by Gasteiger charge is 2.46. The van der Waals surface area contributed by atoms with Crippen molar-refractivity contribution in [2.24, 2.45) is 0 Å². The number of hydrogen-bond acceptors (Lipinski definition) is 9. The van der Waals surface area contributed by atoms with E-state index < -0.39 is 66.5 Å². The molecule has 1 fully saturated rings. The third-order valence-corrected chi connectivity index (χ3v) is 9.55. The van der Waals surface area contributed by atoms with Crippen molar-refractivity contribution < 1.29 is 46.5 Å². The van der Waals surface area contributed by atoms with Crippen molar-refractivity contribution in [3.05, 3.63) is 89.1 Å². The van der Waals surface area contributed by atoms with Crippen LogP contribution in [0.3, 0.4) is 0 Å². The number of aliphatic hydroxyl groups excluding tert-OH is 1. The first-order chi connectivity index (χ1) is 25.2. The van der Waals surface area contributed by atoms with Crippen LogP contribution in [0.15, 0.2) is 61.1 Å². The highest BCUT2D eigenvalue weighted by atomic mass is 19.4. The maximum atomic E-state index is 15.7. The number of esters is 1. The number of aliphatic hydroxyl groups is 1. The molecule has 4 heterocycles. The van der Waals surface area contributed by atoms with E-state index in [2.05, 4.69) is 15.3 Å². The SMILES string of the molecule is CC[C@@H](C)OC(=O)[C@H](Cc1ccc(N2C(=O)N(C)c3cnccc3C2O)c2ncccc12)NC(=O)c1c(C)cc(N2CCOC[C@@H]2C(F)(F)F)cc1F. The van der Waals surface area contributed by atoms with Gasteiger partial charge in [0.25, 0.3) is 5.91 Å². The fourth-order valence-electron chi connectivity index (χ4n) is 6.60. The number of carbonyl (C=O) groups is 3. The van der Waals surface area contributed by atoms with Crippen LogP contribution in [0.5, 0.6) is 0 Å². The van der Waals surface area contributed by atoms with Crippen LogP contribution in [-0.4, -0.2) is 84.2 Å². The highest BCUT2D eigenvalue weighted by Crippen LogP contribution is 2.40. The van der Waals surface area contributed by atoms with Gasteiger partial charge in [-0.2, -0.15) is 13.2 Å². The molecule has 0 bridgehead atoms. The average Bonchev–Trinajstić information content (AvgIpc) is 3.13. The topological polar surface area (TPSA) is 137 Å². The van der Waals surface area contributed by atoms with Gasteiger partial charge in [0.05, 0.1) is 48.0 Å². The lowest BCUT2D eigenvalue weighted by Crippen LogP contribution is -2.53. The van der Waals surface area contributed by atoms with Crippen molar-refractivity contribution in [1.82, 2.24) is 15.3 Å². The fourth-order valence-corrected chi connectivity index (χ4v) is 6.60. The third-order valence-electron chi connectivity index (χ3n) is 9.55.